The van der Waals surface area contributed by atoms with E-state index < -0.39 is 12.1 Å². The van der Waals surface area contributed by atoms with Gasteiger partial charge in [0.2, 0.25) is 0 Å². The Morgan fingerprint density at radius 1 is 1.06 bits per heavy atom. The number of carbonyl (C=O) groups excluding carboxylic acids is 1. The molecule has 0 fully saturated rings. The SMILES string of the molecule is Cc1cc2cccc(-c3cc4c([nH]3)CCNC4=O)c2nc1Nc1ccccc1.O=C(O)C(F)(F)F. The van der Waals surface area contributed by atoms with Crippen LogP contribution in [0.5, 0.6) is 0 Å². The van der Waals surface area contributed by atoms with Crippen LogP contribution in [0, 0.1) is 6.92 Å². The zero-order valence-electron chi connectivity index (χ0n) is 18.5. The number of anilines is 2. The van der Waals surface area contributed by atoms with Crippen LogP contribution >= 0.6 is 0 Å². The first-order chi connectivity index (χ1) is 16.6. The number of aryl methyl sites for hydroxylation is 1. The van der Waals surface area contributed by atoms with Crippen molar-refractivity contribution in [3.8, 4) is 11.3 Å². The molecule has 0 atom stereocenters. The van der Waals surface area contributed by atoms with Crippen LogP contribution in [0.1, 0.15) is 21.6 Å². The maximum atomic E-state index is 12.1. The van der Waals surface area contributed by atoms with Gasteiger partial charge in [-0.3, -0.25) is 4.79 Å². The number of carbonyl (C=O) groups is 2. The van der Waals surface area contributed by atoms with Crippen LogP contribution in [-0.2, 0) is 11.2 Å². The minimum Gasteiger partial charge on any atom is -0.475 e. The number of nitrogens with zero attached hydrogens (tertiary/aromatic N) is 1. The third-order valence-electron chi connectivity index (χ3n) is 5.41. The highest BCUT2D eigenvalue weighted by atomic mass is 19.4. The predicted octanol–water partition coefficient (Wildman–Crippen LogP) is 5.20. The summed E-state index contributed by atoms with van der Waals surface area (Å²) in [5.74, 6) is -1.94. The van der Waals surface area contributed by atoms with Crippen LogP contribution in [0.25, 0.3) is 22.2 Å². The standard InChI is InChI=1S/C23H20N4O.C2HF3O2/c1-14-12-15-6-5-9-17(20-13-18-19(26-20)10-11-24-23(18)28)21(15)27-22(14)25-16-7-3-2-4-8-16;3-2(4,5)1(6)7/h2-9,12-13,26H,10-11H2,1H3,(H,24,28)(H,25,27);(H,6,7). The summed E-state index contributed by atoms with van der Waals surface area (Å²) in [6.45, 7) is 2.73. The van der Waals surface area contributed by atoms with Gasteiger partial charge in [-0.1, -0.05) is 36.4 Å². The molecule has 0 spiro atoms. The number of hydrogen-bond acceptors (Lipinski definition) is 4. The first kappa shape index (κ1) is 23.8. The number of H-pyrrole nitrogens is 1. The maximum Gasteiger partial charge on any atom is 0.490 e. The summed E-state index contributed by atoms with van der Waals surface area (Å²) in [7, 11) is 0. The van der Waals surface area contributed by atoms with Crippen LogP contribution < -0.4 is 10.6 Å². The molecule has 7 nitrogen and oxygen atoms in total. The molecule has 0 saturated carbocycles. The van der Waals surface area contributed by atoms with Gasteiger partial charge in [0.25, 0.3) is 5.91 Å². The van der Waals surface area contributed by atoms with Gasteiger partial charge in [0.1, 0.15) is 5.82 Å². The number of aromatic nitrogens is 2. The van der Waals surface area contributed by atoms with E-state index in [1.54, 1.807) is 0 Å². The molecule has 1 amide bonds. The summed E-state index contributed by atoms with van der Waals surface area (Å²) in [6.07, 6.45) is -4.26. The number of pyridine rings is 1. The highest BCUT2D eigenvalue weighted by Crippen LogP contribution is 2.32. The number of rotatable bonds is 3. The van der Waals surface area contributed by atoms with Crippen molar-refractivity contribution in [1.82, 2.24) is 15.3 Å². The highest BCUT2D eigenvalue weighted by molar-refractivity contribution is 6.00. The first-order valence-corrected chi connectivity index (χ1v) is 10.7. The Labute approximate surface area is 198 Å². The summed E-state index contributed by atoms with van der Waals surface area (Å²) in [5, 5.41) is 14.5. The van der Waals surface area contributed by atoms with Gasteiger partial charge in [0.15, 0.2) is 0 Å². The fraction of sp³-hybridized carbons (Fsp3) is 0.160. The number of carboxylic acid groups (broad SMARTS) is 1. The Morgan fingerprint density at radius 2 is 1.77 bits per heavy atom. The molecule has 1 aliphatic rings. The van der Waals surface area contributed by atoms with Crippen molar-refractivity contribution < 1.29 is 27.9 Å². The van der Waals surface area contributed by atoms with Gasteiger partial charge in [-0.25, -0.2) is 9.78 Å². The number of alkyl halides is 3. The molecular weight excluding hydrogens is 461 g/mol. The lowest BCUT2D eigenvalue weighted by Gasteiger charge is -2.12. The molecule has 0 unspecified atom stereocenters. The smallest absolute Gasteiger partial charge is 0.475 e. The largest absolute Gasteiger partial charge is 0.490 e. The molecule has 180 valence electrons. The molecule has 1 aliphatic heterocycles. The number of benzene rings is 2. The van der Waals surface area contributed by atoms with Crippen LogP contribution in [0.4, 0.5) is 24.7 Å². The first-order valence-electron chi connectivity index (χ1n) is 10.7. The molecule has 35 heavy (non-hydrogen) atoms. The predicted molar refractivity (Wildman–Crippen MR) is 126 cm³/mol. The lowest BCUT2D eigenvalue weighted by molar-refractivity contribution is -0.192. The molecule has 5 rings (SSSR count). The van der Waals surface area contributed by atoms with Crippen LogP contribution in [-0.4, -0.2) is 39.7 Å². The Morgan fingerprint density at radius 3 is 2.43 bits per heavy atom. The van der Waals surface area contributed by atoms with E-state index in [1.807, 2.05) is 48.5 Å². The number of para-hydroxylation sites is 2. The van der Waals surface area contributed by atoms with E-state index in [0.29, 0.717) is 6.54 Å². The van der Waals surface area contributed by atoms with E-state index in [0.717, 1.165) is 56.9 Å². The molecule has 2 aromatic carbocycles. The summed E-state index contributed by atoms with van der Waals surface area (Å²) in [4.78, 5) is 29.4. The normalized spacial score (nSPS) is 12.9. The van der Waals surface area contributed by atoms with Crippen molar-refractivity contribution in [3.63, 3.8) is 0 Å². The maximum absolute atomic E-state index is 12.1. The van der Waals surface area contributed by atoms with Gasteiger partial charge in [-0.05, 0) is 36.8 Å². The van der Waals surface area contributed by atoms with Gasteiger partial charge in [-0.2, -0.15) is 13.2 Å². The Kier molecular flexibility index (Phi) is 6.46. The van der Waals surface area contributed by atoms with E-state index in [2.05, 4.69) is 34.7 Å². The van der Waals surface area contributed by atoms with Gasteiger partial charge in [0.05, 0.1) is 11.1 Å². The second kappa shape index (κ2) is 9.49. The summed E-state index contributed by atoms with van der Waals surface area (Å²) >= 11 is 0. The monoisotopic (exact) mass is 482 g/mol. The van der Waals surface area contributed by atoms with Gasteiger partial charge >= 0.3 is 12.1 Å². The van der Waals surface area contributed by atoms with Crippen molar-refractivity contribution in [2.24, 2.45) is 0 Å². The molecule has 4 aromatic rings. The van der Waals surface area contributed by atoms with E-state index in [-0.39, 0.29) is 5.91 Å². The molecule has 0 radical (unpaired) electrons. The molecule has 0 bridgehead atoms. The third kappa shape index (κ3) is 5.26. The zero-order valence-corrected chi connectivity index (χ0v) is 18.5. The Hall–Kier alpha value is -4.34. The van der Waals surface area contributed by atoms with Crippen molar-refractivity contribution >= 4 is 34.3 Å². The molecule has 3 heterocycles. The summed E-state index contributed by atoms with van der Waals surface area (Å²) in [6, 6.07) is 20.3. The number of hydrogen-bond donors (Lipinski definition) is 4. The number of aliphatic carboxylic acids is 1. The third-order valence-corrected chi connectivity index (χ3v) is 5.41. The number of aromatic amines is 1. The number of amides is 1. The molecule has 2 aromatic heterocycles. The Bertz CT molecular complexity index is 1400. The van der Waals surface area contributed by atoms with Crippen molar-refractivity contribution in [1.29, 1.82) is 0 Å². The van der Waals surface area contributed by atoms with Crippen LogP contribution in [0.3, 0.4) is 0 Å². The van der Waals surface area contributed by atoms with E-state index in [1.165, 1.54) is 0 Å². The molecule has 0 aliphatic carbocycles. The van der Waals surface area contributed by atoms with Crippen LogP contribution in [0.15, 0.2) is 60.7 Å². The topological polar surface area (TPSA) is 107 Å². The average Bonchev–Trinajstić information content (AvgIpc) is 3.25. The average molecular weight is 482 g/mol. The number of carboxylic acids is 1. The molecule has 0 saturated heterocycles. The van der Waals surface area contributed by atoms with E-state index in [4.69, 9.17) is 14.9 Å². The molecular formula is C25H21F3N4O3. The number of fused-ring (bicyclic) bond motifs is 2. The number of nitrogens with one attached hydrogen (secondary N) is 3. The van der Waals surface area contributed by atoms with Crippen molar-refractivity contribution in [2.75, 3.05) is 11.9 Å². The summed E-state index contributed by atoms with van der Waals surface area (Å²) in [5.41, 5.74) is 6.63. The quantitative estimate of drug-likeness (QED) is 0.321. The molecule has 4 N–H and O–H groups in total. The van der Waals surface area contributed by atoms with Crippen molar-refractivity contribution in [3.05, 3.63) is 77.5 Å². The van der Waals surface area contributed by atoms with E-state index in [9.17, 15) is 18.0 Å². The minimum absolute atomic E-state index is 0.0146. The van der Waals surface area contributed by atoms with Gasteiger partial charge in [-0.15, -0.1) is 0 Å². The van der Waals surface area contributed by atoms with E-state index >= 15 is 0 Å². The van der Waals surface area contributed by atoms with Crippen molar-refractivity contribution in [2.45, 2.75) is 19.5 Å². The lowest BCUT2D eigenvalue weighted by Crippen LogP contribution is -2.31. The summed E-state index contributed by atoms with van der Waals surface area (Å²) < 4.78 is 31.7. The highest BCUT2D eigenvalue weighted by Gasteiger charge is 2.38. The lowest BCUT2D eigenvalue weighted by atomic mass is 10.0. The van der Waals surface area contributed by atoms with Crippen LogP contribution in [0.2, 0.25) is 0 Å². The second-order valence-corrected chi connectivity index (χ2v) is 7.91. The second-order valence-electron chi connectivity index (χ2n) is 7.91. The Balaban J connectivity index is 0.000000364. The van der Waals surface area contributed by atoms with Gasteiger partial charge in [0, 0.05) is 41.0 Å². The minimum atomic E-state index is -5.08. The fourth-order valence-corrected chi connectivity index (χ4v) is 3.74. The molecule has 10 heteroatoms. The fourth-order valence-electron chi connectivity index (χ4n) is 3.74. The number of halogens is 3. The van der Waals surface area contributed by atoms with Gasteiger partial charge < -0.3 is 20.7 Å². The zero-order chi connectivity index (χ0) is 25.2.